The van der Waals surface area contributed by atoms with E-state index in [2.05, 4.69) is 0 Å². The van der Waals surface area contributed by atoms with Crippen molar-refractivity contribution in [2.24, 2.45) is 0 Å². The van der Waals surface area contributed by atoms with Crippen molar-refractivity contribution in [2.75, 3.05) is 0 Å². The minimum atomic E-state index is 0.468. The maximum atomic E-state index is 12.0. The first-order valence-corrected chi connectivity index (χ1v) is 11.4. The Bertz CT molecular complexity index is 531. The molecule has 0 fully saturated rings. The zero-order valence-corrected chi connectivity index (χ0v) is 17.5. The molecule has 2 heterocycles. The molecule has 156 valence electrons. The van der Waals surface area contributed by atoms with Gasteiger partial charge in [0.25, 0.3) is 0 Å². The van der Waals surface area contributed by atoms with Crippen molar-refractivity contribution in [2.45, 2.75) is 103 Å². The lowest BCUT2D eigenvalue weighted by molar-refractivity contribution is -0.119. The van der Waals surface area contributed by atoms with Gasteiger partial charge in [-0.05, 0) is 49.9 Å². The van der Waals surface area contributed by atoms with E-state index in [1.54, 1.807) is 12.5 Å². The molecule has 0 radical (unpaired) electrons. The average Bonchev–Trinajstić information content (AvgIpc) is 3.40. The number of hydrogen-bond donors (Lipinski definition) is 0. The molecular weight excluding hydrogens is 348 g/mol. The quantitative estimate of drug-likeness (QED) is 0.247. The molecule has 0 bridgehead atoms. The maximum Gasteiger partial charge on any atom is 0.132 e. The number of furan rings is 2. The summed E-state index contributed by atoms with van der Waals surface area (Å²) in [6, 6.07) is 8.01. The number of carbonyl (C=O) groups excluding carboxylic acids is 1. The van der Waals surface area contributed by atoms with E-state index in [0.717, 1.165) is 50.0 Å². The normalized spacial score (nSPS) is 11.1. The van der Waals surface area contributed by atoms with Gasteiger partial charge in [-0.2, -0.15) is 0 Å². The number of carbonyl (C=O) groups is 1. The van der Waals surface area contributed by atoms with E-state index in [9.17, 15) is 4.79 Å². The average molecular weight is 387 g/mol. The molecule has 2 aromatic rings. The maximum absolute atomic E-state index is 12.0. The van der Waals surface area contributed by atoms with Gasteiger partial charge in [0.15, 0.2) is 0 Å². The second kappa shape index (κ2) is 15.2. The van der Waals surface area contributed by atoms with Crippen LogP contribution in [0.25, 0.3) is 0 Å². The fourth-order valence-electron chi connectivity index (χ4n) is 3.69. The minimum Gasteiger partial charge on any atom is -0.469 e. The zero-order chi connectivity index (χ0) is 19.7. The smallest absolute Gasteiger partial charge is 0.132 e. The van der Waals surface area contributed by atoms with Gasteiger partial charge in [0.1, 0.15) is 17.3 Å². The van der Waals surface area contributed by atoms with Crippen LogP contribution in [-0.4, -0.2) is 5.78 Å². The lowest BCUT2D eigenvalue weighted by Crippen LogP contribution is -1.97. The lowest BCUT2D eigenvalue weighted by atomic mass is 10.0. The van der Waals surface area contributed by atoms with Crippen LogP contribution in [0.2, 0.25) is 0 Å². The number of aryl methyl sites for hydroxylation is 2. The van der Waals surface area contributed by atoms with Crippen LogP contribution in [-0.2, 0) is 17.6 Å². The molecular formula is C25H38O3. The molecule has 0 aliphatic carbocycles. The van der Waals surface area contributed by atoms with Crippen LogP contribution in [0.15, 0.2) is 45.6 Å². The number of rotatable bonds is 18. The first-order valence-electron chi connectivity index (χ1n) is 11.4. The molecule has 28 heavy (non-hydrogen) atoms. The highest BCUT2D eigenvalue weighted by molar-refractivity contribution is 5.78. The molecule has 2 rings (SSSR count). The third kappa shape index (κ3) is 11.2. The summed E-state index contributed by atoms with van der Waals surface area (Å²) in [5.74, 6) is 2.66. The number of ketones is 1. The Morgan fingerprint density at radius 3 is 1.36 bits per heavy atom. The van der Waals surface area contributed by atoms with Crippen LogP contribution in [0.4, 0.5) is 0 Å². The van der Waals surface area contributed by atoms with Crippen LogP contribution in [0, 0.1) is 0 Å². The highest BCUT2D eigenvalue weighted by atomic mass is 16.3. The highest BCUT2D eigenvalue weighted by Crippen LogP contribution is 2.14. The molecule has 0 saturated heterocycles. The molecule has 0 aliphatic rings. The van der Waals surface area contributed by atoms with Crippen molar-refractivity contribution in [3.63, 3.8) is 0 Å². The summed E-state index contributed by atoms with van der Waals surface area (Å²) in [5, 5.41) is 0. The molecule has 0 aromatic carbocycles. The van der Waals surface area contributed by atoms with Crippen molar-refractivity contribution in [1.29, 1.82) is 0 Å². The summed E-state index contributed by atoms with van der Waals surface area (Å²) >= 11 is 0. The summed E-state index contributed by atoms with van der Waals surface area (Å²) in [6.45, 7) is 0. The van der Waals surface area contributed by atoms with Gasteiger partial charge in [0.05, 0.1) is 12.5 Å². The lowest BCUT2D eigenvalue weighted by Gasteiger charge is -2.03. The molecule has 3 nitrogen and oxygen atoms in total. The van der Waals surface area contributed by atoms with E-state index in [4.69, 9.17) is 8.83 Å². The molecule has 2 aromatic heterocycles. The van der Waals surface area contributed by atoms with E-state index >= 15 is 0 Å². The standard InChI is InChI=1S/C25H38O3/c26-23(15-9-5-1-3-7-11-17-24-19-13-21-27-24)16-10-6-2-4-8-12-18-25-20-14-22-28-25/h13-14,19-22H,1-12,15-18H2. The Labute approximate surface area is 170 Å². The molecule has 0 amide bonds. The second-order valence-electron chi connectivity index (χ2n) is 7.94. The van der Waals surface area contributed by atoms with E-state index in [0.29, 0.717) is 5.78 Å². The van der Waals surface area contributed by atoms with Crippen molar-refractivity contribution in [1.82, 2.24) is 0 Å². The Balaban J connectivity index is 1.28. The third-order valence-electron chi connectivity index (χ3n) is 5.42. The number of hydrogen-bond acceptors (Lipinski definition) is 3. The van der Waals surface area contributed by atoms with Gasteiger partial charge in [-0.25, -0.2) is 0 Å². The van der Waals surface area contributed by atoms with Gasteiger partial charge >= 0.3 is 0 Å². The summed E-state index contributed by atoms with van der Waals surface area (Å²) in [4.78, 5) is 12.0. The predicted molar refractivity (Wildman–Crippen MR) is 114 cm³/mol. The van der Waals surface area contributed by atoms with Crippen LogP contribution >= 0.6 is 0 Å². The molecule has 0 saturated carbocycles. The van der Waals surface area contributed by atoms with Crippen LogP contribution < -0.4 is 0 Å². The van der Waals surface area contributed by atoms with Crippen molar-refractivity contribution in [3.05, 3.63) is 48.3 Å². The summed E-state index contributed by atoms with van der Waals surface area (Å²) in [5.41, 5.74) is 0. The Morgan fingerprint density at radius 1 is 0.571 bits per heavy atom. The molecule has 0 N–H and O–H groups in total. The molecule has 0 aliphatic heterocycles. The van der Waals surface area contributed by atoms with E-state index in [1.807, 2.05) is 24.3 Å². The number of unbranched alkanes of at least 4 members (excludes halogenated alkanes) is 10. The van der Waals surface area contributed by atoms with E-state index < -0.39 is 0 Å². The molecule has 3 heteroatoms. The first kappa shape index (κ1) is 22.5. The molecule has 0 unspecified atom stereocenters. The van der Waals surface area contributed by atoms with Crippen molar-refractivity contribution in [3.8, 4) is 0 Å². The fraction of sp³-hybridized carbons (Fsp3) is 0.640. The topological polar surface area (TPSA) is 43.4 Å². The summed E-state index contributed by atoms with van der Waals surface area (Å²) in [7, 11) is 0. The van der Waals surface area contributed by atoms with Gasteiger partial charge < -0.3 is 8.83 Å². The van der Waals surface area contributed by atoms with Crippen LogP contribution in [0.3, 0.4) is 0 Å². The van der Waals surface area contributed by atoms with Gasteiger partial charge in [-0.3, -0.25) is 4.79 Å². The van der Waals surface area contributed by atoms with Crippen LogP contribution in [0.5, 0.6) is 0 Å². The highest BCUT2D eigenvalue weighted by Gasteiger charge is 2.02. The zero-order valence-electron chi connectivity index (χ0n) is 17.5. The van der Waals surface area contributed by atoms with Crippen molar-refractivity contribution < 1.29 is 13.6 Å². The SMILES string of the molecule is O=C(CCCCCCCCc1ccco1)CCCCCCCCc1ccco1. The third-order valence-corrected chi connectivity index (χ3v) is 5.42. The largest absolute Gasteiger partial charge is 0.469 e. The Morgan fingerprint density at radius 2 is 0.964 bits per heavy atom. The van der Waals surface area contributed by atoms with E-state index in [-0.39, 0.29) is 0 Å². The van der Waals surface area contributed by atoms with Gasteiger partial charge in [-0.1, -0.05) is 51.4 Å². The second-order valence-corrected chi connectivity index (χ2v) is 7.94. The summed E-state index contributed by atoms with van der Waals surface area (Å²) < 4.78 is 10.7. The summed E-state index contributed by atoms with van der Waals surface area (Å²) in [6.07, 6.45) is 21.7. The Hall–Kier alpha value is -1.77. The predicted octanol–water partition coefficient (Wildman–Crippen LogP) is 7.69. The fourth-order valence-corrected chi connectivity index (χ4v) is 3.69. The Kier molecular flexibility index (Phi) is 12.2. The van der Waals surface area contributed by atoms with Crippen molar-refractivity contribution >= 4 is 5.78 Å². The monoisotopic (exact) mass is 386 g/mol. The van der Waals surface area contributed by atoms with Gasteiger partial charge in [0, 0.05) is 25.7 Å². The first-order chi connectivity index (χ1) is 13.8. The van der Waals surface area contributed by atoms with Gasteiger partial charge in [-0.15, -0.1) is 0 Å². The van der Waals surface area contributed by atoms with E-state index in [1.165, 1.54) is 64.2 Å². The van der Waals surface area contributed by atoms with Gasteiger partial charge in [0.2, 0.25) is 0 Å². The minimum absolute atomic E-state index is 0.468. The number of Topliss-reactive ketones (excluding diaryl/α,β-unsaturated/α-hetero) is 1. The van der Waals surface area contributed by atoms with Crippen LogP contribution in [0.1, 0.15) is 101 Å². The molecule has 0 spiro atoms. The molecule has 0 atom stereocenters.